The van der Waals surface area contributed by atoms with Gasteiger partial charge >= 0.3 is 0 Å². The lowest BCUT2D eigenvalue weighted by atomic mass is 9.82. The van der Waals surface area contributed by atoms with Crippen molar-refractivity contribution in [1.29, 1.82) is 0 Å². The minimum absolute atomic E-state index is 0.106. The molecule has 1 nitrogen and oxygen atoms in total. The van der Waals surface area contributed by atoms with Gasteiger partial charge in [-0.1, -0.05) is 198 Å². The summed E-state index contributed by atoms with van der Waals surface area (Å²) < 4.78 is 0. The first-order valence-electron chi connectivity index (χ1n) is 20.8. The zero-order valence-corrected chi connectivity index (χ0v) is 34.0. The largest absolute Gasteiger partial charge is 0.310 e. The van der Waals surface area contributed by atoms with E-state index in [0.717, 1.165) is 11.4 Å². The minimum atomic E-state index is -0.115. The van der Waals surface area contributed by atoms with Crippen LogP contribution in [0.2, 0.25) is 0 Å². The topological polar surface area (TPSA) is 3.24 Å². The van der Waals surface area contributed by atoms with Crippen molar-refractivity contribution in [2.75, 3.05) is 4.90 Å². The fourth-order valence-corrected chi connectivity index (χ4v) is 10.3. The third kappa shape index (κ3) is 5.45. The third-order valence-electron chi connectivity index (χ3n) is 13.3. The summed E-state index contributed by atoms with van der Waals surface area (Å²) in [6.45, 7) is 9.48. The Bertz CT molecular complexity index is 3080. The van der Waals surface area contributed by atoms with Gasteiger partial charge in [-0.2, -0.15) is 0 Å². The van der Waals surface area contributed by atoms with Crippen molar-refractivity contribution in [2.24, 2.45) is 0 Å². The third-order valence-corrected chi connectivity index (χ3v) is 13.3. The average Bonchev–Trinajstić information content (AvgIpc) is 3.66. The van der Waals surface area contributed by atoms with Gasteiger partial charge in [-0.05, 0) is 113 Å². The molecule has 2 aliphatic rings. The number of benzene rings is 9. The zero-order chi connectivity index (χ0) is 39.9. The summed E-state index contributed by atoms with van der Waals surface area (Å²) >= 11 is 0. The van der Waals surface area contributed by atoms with Crippen LogP contribution in [0.15, 0.2) is 200 Å². The van der Waals surface area contributed by atoms with E-state index in [1.807, 2.05) is 0 Å². The molecule has 9 aromatic rings. The highest BCUT2D eigenvalue weighted by molar-refractivity contribution is 6.05. The molecule has 59 heavy (non-hydrogen) atoms. The van der Waals surface area contributed by atoms with Crippen LogP contribution in [0.1, 0.15) is 49.9 Å². The SMILES string of the molecule is CC1(C)c2ccccc2-c2ccc(N(c3ccc(-c4ccc5ccccc5c4-c4ccc(-c5ccccc5)cc4)cc3)c3cccc4c3-c3ccccc3C4(C)C)cc21. The average molecular weight is 756 g/mol. The summed E-state index contributed by atoms with van der Waals surface area (Å²) in [4.78, 5) is 2.50. The standard InChI is InChI=1S/C58H45N/c1-57(2)51-22-13-11-20-49(51)56-52(57)23-14-24-54(56)59(44-34-36-48-47-19-10-12-21-50(47)58(3,4)53(48)37-44)43-32-29-41(30-33-43)46-35-31-40-17-8-9-18-45(40)55(46)42-27-25-39(26-28-42)38-15-6-5-7-16-38/h5-37H,1-4H3. The molecule has 2 aliphatic carbocycles. The monoisotopic (exact) mass is 755 g/mol. The molecule has 0 heterocycles. The van der Waals surface area contributed by atoms with Crippen molar-refractivity contribution in [3.8, 4) is 55.6 Å². The Hall–Kier alpha value is -6.96. The lowest BCUT2D eigenvalue weighted by Gasteiger charge is -2.30. The van der Waals surface area contributed by atoms with Crippen molar-refractivity contribution < 1.29 is 0 Å². The summed E-state index contributed by atoms with van der Waals surface area (Å²) in [6, 6.07) is 74.3. The van der Waals surface area contributed by atoms with E-state index in [1.165, 1.54) is 94.3 Å². The molecule has 0 saturated carbocycles. The highest BCUT2D eigenvalue weighted by Crippen LogP contribution is 2.56. The molecule has 0 radical (unpaired) electrons. The van der Waals surface area contributed by atoms with Crippen molar-refractivity contribution >= 4 is 27.8 Å². The smallest absolute Gasteiger partial charge is 0.0543 e. The Kier molecular flexibility index (Phi) is 7.94. The molecule has 0 aliphatic heterocycles. The van der Waals surface area contributed by atoms with Crippen LogP contribution in [0, 0.1) is 0 Å². The molecular weight excluding hydrogens is 711 g/mol. The van der Waals surface area contributed by atoms with Gasteiger partial charge in [-0.3, -0.25) is 0 Å². The molecule has 0 spiro atoms. The molecule has 11 rings (SSSR count). The number of hydrogen-bond donors (Lipinski definition) is 0. The molecule has 0 atom stereocenters. The second-order valence-corrected chi connectivity index (χ2v) is 17.3. The van der Waals surface area contributed by atoms with E-state index in [2.05, 4.69) is 233 Å². The Morgan fingerprint density at radius 3 is 1.64 bits per heavy atom. The highest BCUT2D eigenvalue weighted by Gasteiger charge is 2.39. The van der Waals surface area contributed by atoms with E-state index in [4.69, 9.17) is 0 Å². The molecule has 0 fully saturated rings. The van der Waals surface area contributed by atoms with Gasteiger partial charge in [0.05, 0.1) is 5.69 Å². The number of hydrogen-bond acceptors (Lipinski definition) is 1. The Balaban J connectivity index is 1.08. The van der Waals surface area contributed by atoms with E-state index in [9.17, 15) is 0 Å². The number of nitrogens with zero attached hydrogens (tertiary/aromatic N) is 1. The lowest BCUT2D eigenvalue weighted by Crippen LogP contribution is -2.17. The first kappa shape index (κ1) is 35.2. The summed E-state index contributed by atoms with van der Waals surface area (Å²) in [5.41, 5.74) is 21.4. The quantitative estimate of drug-likeness (QED) is 0.163. The van der Waals surface area contributed by atoms with E-state index >= 15 is 0 Å². The van der Waals surface area contributed by atoms with Gasteiger partial charge in [0.2, 0.25) is 0 Å². The molecule has 0 bridgehead atoms. The normalized spacial score (nSPS) is 14.0. The fraction of sp³-hybridized carbons (Fsp3) is 0.103. The number of anilines is 3. The zero-order valence-electron chi connectivity index (χ0n) is 34.0. The van der Waals surface area contributed by atoms with Gasteiger partial charge < -0.3 is 4.90 Å². The van der Waals surface area contributed by atoms with Gasteiger partial charge in [0.1, 0.15) is 0 Å². The Morgan fingerprint density at radius 2 is 0.864 bits per heavy atom. The van der Waals surface area contributed by atoms with E-state index < -0.39 is 0 Å². The van der Waals surface area contributed by atoms with Gasteiger partial charge in [-0.15, -0.1) is 0 Å². The number of rotatable bonds is 6. The summed E-state index contributed by atoms with van der Waals surface area (Å²) in [5, 5.41) is 2.50. The first-order valence-corrected chi connectivity index (χ1v) is 20.8. The Morgan fingerprint density at radius 1 is 0.322 bits per heavy atom. The van der Waals surface area contributed by atoms with Gasteiger partial charge in [0.25, 0.3) is 0 Å². The van der Waals surface area contributed by atoms with Crippen LogP contribution >= 0.6 is 0 Å². The molecular formula is C58H45N. The van der Waals surface area contributed by atoms with E-state index in [0.29, 0.717) is 0 Å². The van der Waals surface area contributed by atoms with Crippen molar-refractivity contribution in [1.82, 2.24) is 0 Å². The Labute approximate surface area is 347 Å². The van der Waals surface area contributed by atoms with Gasteiger partial charge in [-0.25, -0.2) is 0 Å². The van der Waals surface area contributed by atoms with Crippen LogP contribution in [-0.4, -0.2) is 0 Å². The van der Waals surface area contributed by atoms with Crippen LogP contribution in [0.25, 0.3) is 66.4 Å². The molecule has 0 aromatic heterocycles. The van der Waals surface area contributed by atoms with Crippen molar-refractivity contribution in [3.05, 3.63) is 222 Å². The van der Waals surface area contributed by atoms with Crippen molar-refractivity contribution in [3.63, 3.8) is 0 Å². The highest BCUT2D eigenvalue weighted by atomic mass is 15.1. The van der Waals surface area contributed by atoms with Crippen LogP contribution < -0.4 is 4.90 Å². The summed E-state index contributed by atoms with van der Waals surface area (Å²) in [5.74, 6) is 0. The molecule has 0 saturated heterocycles. The van der Waals surface area contributed by atoms with Gasteiger partial charge in [0, 0.05) is 27.8 Å². The van der Waals surface area contributed by atoms with Crippen LogP contribution in [0.3, 0.4) is 0 Å². The van der Waals surface area contributed by atoms with E-state index in [-0.39, 0.29) is 10.8 Å². The molecule has 1 heteroatoms. The molecule has 9 aromatic carbocycles. The van der Waals surface area contributed by atoms with Crippen LogP contribution in [0.5, 0.6) is 0 Å². The van der Waals surface area contributed by atoms with Crippen molar-refractivity contribution in [2.45, 2.75) is 38.5 Å². The maximum atomic E-state index is 2.50. The van der Waals surface area contributed by atoms with Crippen LogP contribution in [-0.2, 0) is 10.8 Å². The lowest BCUT2D eigenvalue weighted by molar-refractivity contribution is 0.660. The predicted molar refractivity (Wildman–Crippen MR) is 250 cm³/mol. The fourth-order valence-electron chi connectivity index (χ4n) is 10.3. The number of fused-ring (bicyclic) bond motifs is 7. The second-order valence-electron chi connectivity index (χ2n) is 17.3. The summed E-state index contributed by atoms with van der Waals surface area (Å²) in [7, 11) is 0. The predicted octanol–water partition coefficient (Wildman–Crippen LogP) is 15.9. The molecule has 0 unspecified atom stereocenters. The second kappa shape index (κ2) is 13.3. The first-order chi connectivity index (χ1) is 28.8. The maximum Gasteiger partial charge on any atom is 0.0543 e. The minimum Gasteiger partial charge on any atom is -0.310 e. The maximum absolute atomic E-state index is 2.50. The molecule has 282 valence electrons. The summed E-state index contributed by atoms with van der Waals surface area (Å²) in [6.07, 6.45) is 0. The van der Waals surface area contributed by atoms with E-state index in [1.54, 1.807) is 0 Å². The molecule has 0 amide bonds. The van der Waals surface area contributed by atoms with Crippen LogP contribution in [0.4, 0.5) is 17.1 Å². The molecule has 0 N–H and O–H groups in total. The van der Waals surface area contributed by atoms with Gasteiger partial charge in [0.15, 0.2) is 0 Å².